The predicted molar refractivity (Wildman–Crippen MR) is 56.5 cm³/mol. The van der Waals surface area contributed by atoms with Crippen LogP contribution in [0.1, 0.15) is 26.7 Å². The van der Waals surface area contributed by atoms with Crippen LogP contribution in [-0.4, -0.2) is 42.6 Å². The molecule has 0 saturated carbocycles. The zero-order valence-corrected chi connectivity index (χ0v) is 9.80. The van der Waals surface area contributed by atoms with E-state index in [0.29, 0.717) is 12.8 Å². The highest BCUT2D eigenvalue weighted by Gasteiger charge is 2.40. The lowest BCUT2D eigenvalue weighted by Crippen LogP contribution is -2.51. The number of aliphatic carboxylic acids is 1. The lowest BCUT2D eigenvalue weighted by Gasteiger charge is -2.27. The summed E-state index contributed by atoms with van der Waals surface area (Å²) in [5.41, 5.74) is -0.585. The second-order valence-electron chi connectivity index (χ2n) is 4.35. The van der Waals surface area contributed by atoms with Gasteiger partial charge in [-0.1, -0.05) is 6.92 Å². The summed E-state index contributed by atoms with van der Waals surface area (Å²) in [6.07, 6.45) is 0.935. The average Bonchev–Trinajstić information content (AvgIpc) is 2.37. The molecule has 0 spiro atoms. The minimum atomic E-state index is -2.99. The molecule has 0 radical (unpaired) electrons. The van der Waals surface area contributed by atoms with Crippen LogP contribution in [0.5, 0.6) is 0 Å². The van der Waals surface area contributed by atoms with Crippen molar-refractivity contribution in [3.63, 3.8) is 0 Å². The number of hydrogen-bond donors (Lipinski definition) is 2. The van der Waals surface area contributed by atoms with Gasteiger partial charge in [0.15, 0.2) is 9.84 Å². The molecule has 0 amide bonds. The molecular weight excluding hydrogens is 218 g/mol. The van der Waals surface area contributed by atoms with Crippen molar-refractivity contribution in [1.82, 2.24) is 5.32 Å². The Bertz CT molecular complexity index is 351. The van der Waals surface area contributed by atoms with Gasteiger partial charge < -0.3 is 5.11 Å². The van der Waals surface area contributed by atoms with Crippen molar-refractivity contribution in [2.45, 2.75) is 38.3 Å². The van der Waals surface area contributed by atoms with Crippen LogP contribution in [0, 0.1) is 0 Å². The van der Waals surface area contributed by atoms with Gasteiger partial charge in [0.25, 0.3) is 0 Å². The summed E-state index contributed by atoms with van der Waals surface area (Å²) >= 11 is 0. The lowest BCUT2D eigenvalue weighted by molar-refractivity contribution is -0.140. The monoisotopic (exact) mass is 235 g/mol. The van der Waals surface area contributed by atoms with Crippen LogP contribution in [0.2, 0.25) is 0 Å². The Labute approximate surface area is 89.8 Å². The predicted octanol–water partition coefficient (Wildman–Crippen LogP) is 0.0164. The van der Waals surface area contributed by atoms with Crippen LogP contribution < -0.4 is 5.32 Å². The summed E-state index contributed by atoms with van der Waals surface area (Å²) < 4.78 is 22.6. The Hall–Kier alpha value is -0.620. The Balaban J connectivity index is 2.69. The molecule has 0 aromatic rings. The summed E-state index contributed by atoms with van der Waals surface area (Å²) in [7, 11) is -2.99. The third kappa shape index (κ3) is 3.17. The van der Waals surface area contributed by atoms with Crippen LogP contribution in [0.3, 0.4) is 0 Å². The van der Waals surface area contributed by atoms with Crippen LogP contribution in [0.15, 0.2) is 0 Å². The number of nitrogens with one attached hydrogen (secondary N) is 1. The van der Waals surface area contributed by atoms with E-state index in [1.54, 1.807) is 13.8 Å². The number of carbonyl (C=O) groups is 1. The molecule has 1 rings (SSSR count). The topological polar surface area (TPSA) is 83.5 Å². The molecule has 1 saturated heterocycles. The lowest BCUT2D eigenvalue weighted by atomic mass is 10.00. The first kappa shape index (κ1) is 12.4. The molecule has 0 bridgehead atoms. The molecule has 2 unspecified atom stereocenters. The first-order chi connectivity index (χ1) is 6.78. The van der Waals surface area contributed by atoms with Gasteiger partial charge in [0, 0.05) is 5.54 Å². The summed E-state index contributed by atoms with van der Waals surface area (Å²) in [4.78, 5) is 10.8. The molecule has 2 N–H and O–H groups in total. The van der Waals surface area contributed by atoms with Gasteiger partial charge in [-0.3, -0.25) is 10.1 Å². The van der Waals surface area contributed by atoms with Gasteiger partial charge in [0.1, 0.15) is 6.04 Å². The van der Waals surface area contributed by atoms with Crippen molar-refractivity contribution in [1.29, 1.82) is 0 Å². The molecule has 1 aliphatic heterocycles. The zero-order chi connectivity index (χ0) is 11.7. The third-order valence-electron chi connectivity index (χ3n) is 2.73. The van der Waals surface area contributed by atoms with Gasteiger partial charge in [0.05, 0.1) is 11.5 Å². The fourth-order valence-corrected chi connectivity index (χ4v) is 3.99. The van der Waals surface area contributed by atoms with Gasteiger partial charge in [-0.25, -0.2) is 8.42 Å². The van der Waals surface area contributed by atoms with Crippen molar-refractivity contribution < 1.29 is 18.3 Å². The number of hydrogen-bond acceptors (Lipinski definition) is 4. The minimum absolute atomic E-state index is 0.0315. The van der Waals surface area contributed by atoms with E-state index in [9.17, 15) is 13.2 Å². The Kier molecular flexibility index (Phi) is 3.40. The summed E-state index contributed by atoms with van der Waals surface area (Å²) in [6.45, 7) is 3.53. The SMILES string of the molecule is CCC(NC1(C)CCS(=O)(=O)C1)C(=O)O. The molecule has 2 atom stereocenters. The summed E-state index contributed by atoms with van der Waals surface area (Å²) in [6, 6.07) is -0.664. The van der Waals surface area contributed by atoms with Gasteiger partial charge in [0.2, 0.25) is 0 Å². The number of carboxylic acid groups (broad SMARTS) is 1. The molecule has 6 heteroatoms. The second-order valence-corrected chi connectivity index (χ2v) is 6.53. The fourth-order valence-electron chi connectivity index (χ4n) is 1.88. The minimum Gasteiger partial charge on any atom is -0.480 e. The first-order valence-electron chi connectivity index (χ1n) is 4.99. The molecule has 5 nitrogen and oxygen atoms in total. The molecule has 15 heavy (non-hydrogen) atoms. The molecule has 1 fully saturated rings. The third-order valence-corrected chi connectivity index (χ3v) is 4.64. The highest BCUT2D eigenvalue weighted by molar-refractivity contribution is 7.91. The molecule has 0 aromatic carbocycles. The fraction of sp³-hybridized carbons (Fsp3) is 0.889. The smallest absolute Gasteiger partial charge is 0.320 e. The van der Waals surface area contributed by atoms with Crippen molar-refractivity contribution in [2.24, 2.45) is 0 Å². The summed E-state index contributed by atoms with van der Waals surface area (Å²) in [5, 5.41) is 11.8. The van der Waals surface area contributed by atoms with Crippen LogP contribution in [0.4, 0.5) is 0 Å². The Morgan fingerprint density at radius 3 is 2.53 bits per heavy atom. The average molecular weight is 235 g/mol. The Morgan fingerprint density at radius 2 is 2.20 bits per heavy atom. The van der Waals surface area contributed by atoms with Crippen molar-refractivity contribution in [2.75, 3.05) is 11.5 Å². The van der Waals surface area contributed by atoms with Gasteiger partial charge >= 0.3 is 5.97 Å². The molecule has 1 aliphatic rings. The summed E-state index contributed by atoms with van der Waals surface area (Å²) in [5.74, 6) is -0.751. The highest BCUT2D eigenvalue weighted by atomic mass is 32.2. The van der Waals surface area contributed by atoms with Crippen molar-refractivity contribution >= 4 is 15.8 Å². The van der Waals surface area contributed by atoms with Crippen LogP contribution >= 0.6 is 0 Å². The van der Waals surface area contributed by atoms with E-state index in [-0.39, 0.29) is 11.5 Å². The van der Waals surface area contributed by atoms with E-state index in [0.717, 1.165) is 0 Å². The first-order valence-corrected chi connectivity index (χ1v) is 6.81. The molecule has 0 aromatic heterocycles. The zero-order valence-electron chi connectivity index (χ0n) is 8.99. The quantitative estimate of drug-likeness (QED) is 0.717. The van der Waals surface area contributed by atoms with E-state index >= 15 is 0 Å². The van der Waals surface area contributed by atoms with Gasteiger partial charge in [-0.2, -0.15) is 0 Å². The molecular formula is C9H17NO4S. The maximum absolute atomic E-state index is 11.3. The number of carboxylic acids is 1. The van der Waals surface area contributed by atoms with E-state index in [2.05, 4.69) is 5.32 Å². The van der Waals surface area contributed by atoms with Crippen LogP contribution in [-0.2, 0) is 14.6 Å². The highest BCUT2D eigenvalue weighted by Crippen LogP contribution is 2.23. The number of rotatable bonds is 4. The normalized spacial score (nSPS) is 31.3. The maximum Gasteiger partial charge on any atom is 0.320 e. The van der Waals surface area contributed by atoms with E-state index in [4.69, 9.17) is 5.11 Å². The maximum atomic E-state index is 11.3. The van der Waals surface area contributed by atoms with Crippen molar-refractivity contribution in [3.8, 4) is 0 Å². The van der Waals surface area contributed by atoms with Gasteiger partial charge in [-0.15, -0.1) is 0 Å². The number of sulfone groups is 1. The van der Waals surface area contributed by atoms with Crippen LogP contribution in [0.25, 0.3) is 0 Å². The van der Waals surface area contributed by atoms with E-state index < -0.39 is 27.4 Å². The van der Waals surface area contributed by atoms with Gasteiger partial charge in [-0.05, 0) is 19.8 Å². The molecule has 88 valence electrons. The van der Waals surface area contributed by atoms with Crippen molar-refractivity contribution in [3.05, 3.63) is 0 Å². The molecule has 0 aliphatic carbocycles. The van der Waals surface area contributed by atoms with E-state index in [1.807, 2.05) is 0 Å². The van der Waals surface area contributed by atoms with E-state index in [1.165, 1.54) is 0 Å². The largest absolute Gasteiger partial charge is 0.480 e. The second kappa shape index (κ2) is 4.09. The standard InChI is InChI=1S/C9H17NO4S/c1-3-7(8(11)12)10-9(2)4-5-15(13,14)6-9/h7,10H,3-6H2,1-2H3,(H,11,12). The molecule has 1 heterocycles. The Morgan fingerprint density at radius 1 is 1.60 bits per heavy atom.